The molecule has 1 amide bonds. The van der Waals surface area contributed by atoms with E-state index in [1.807, 2.05) is 48.0 Å². The molecule has 0 aliphatic heterocycles. The van der Waals surface area contributed by atoms with Gasteiger partial charge in [-0.05, 0) is 37.5 Å². The number of rotatable bonds is 6. The van der Waals surface area contributed by atoms with Crippen LogP contribution in [0.3, 0.4) is 0 Å². The summed E-state index contributed by atoms with van der Waals surface area (Å²) >= 11 is 0. The van der Waals surface area contributed by atoms with Crippen LogP contribution in [0.5, 0.6) is 0 Å². The molecule has 0 saturated heterocycles. The standard InChI is InChI=1S/C23H34N4O/c1-15(2)19-11-10-16(3)12-20(19)23(28)25-22-13-21(18-8-6-5-7-9-18)26-27(22)14-17(4)24/h5-9,13,15-17,19-20H,10-12,14,24H2,1-4H3,(H,25,28)/t16-,17+,19+,20-/m1/s1. The number of benzene rings is 1. The molecule has 0 bridgehead atoms. The molecule has 1 heterocycles. The predicted molar refractivity (Wildman–Crippen MR) is 115 cm³/mol. The number of aromatic nitrogens is 2. The van der Waals surface area contributed by atoms with Gasteiger partial charge in [0.05, 0.1) is 12.2 Å². The van der Waals surface area contributed by atoms with Crippen LogP contribution in [-0.2, 0) is 11.3 Å². The third-order valence-corrected chi connectivity index (χ3v) is 5.92. The first-order chi connectivity index (χ1) is 13.3. The number of hydrogen-bond acceptors (Lipinski definition) is 3. The average Bonchev–Trinajstić information content (AvgIpc) is 3.03. The summed E-state index contributed by atoms with van der Waals surface area (Å²) in [5.41, 5.74) is 7.91. The Morgan fingerprint density at radius 3 is 2.61 bits per heavy atom. The minimum atomic E-state index is -0.0442. The van der Waals surface area contributed by atoms with Crippen molar-refractivity contribution >= 4 is 11.7 Å². The Morgan fingerprint density at radius 1 is 1.25 bits per heavy atom. The third-order valence-electron chi connectivity index (χ3n) is 5.92. The van der Waals surface area contributed by atoms with E-state index in [0.717, 1.165) is 29.9 Å². The van der Waals surface area contributed by atoms with Gasteiger partial charge in [0.15, 0.2) is 0 Å². The van der Waals surface area contributed by atoms with Gasteiger partial charge in [0, 0.05) is 23.6 Å². The molecule has 152 valence electrons. The van der Waals surface area contributed by atoms with Crippen molar-refractivity contribution in [2.24, 2.45) is 29.4 Å². The second kappa shape index (κ2) is 8.91. The maximum atomic E-state index is 13.2. The van der Waals surface area contributed by atoms with Crippen molar-refractivity contribution in [3.8, 4) is 11.3 Å². The van der Waals surface area contributed by atoms with E-state index in [9.17, 15) is 4.79 Å². The quantitative estimate of drug-likeness (QED) is 0.770. The van der Waals surface area contributed by atoms with E-state index in [0.29, 0.717) is 24.3 Å². The maximum Gasteiger partial charge on any atom is 0.228 e. The van der Waals surface area contributed by atoms with Crippen molar-refractivity contribution in [3.63, 3.8) is 0 Å². The monoisotopic (exact) mass is 382 g/mol. The zero-order valence-electron chi connectivity index (χ0n) is 17.6. The van der Waals surface area contributed by atoms with Crippen LogP contribution in [0, 0.1) is 23.7 Å². The molecule has 1 aromatic heterocycles. The van der Waals surface area contributed by atoms with Gasteiger partial charge >= 0.3 is 0 Å². The van der Waals surface area contributed by atoms with Gasteiger partial charge in [-0.15, -0.1) is 0 Å². The highest BCUT2D eigenvalue weighted by molar-refractivity contribution is 5.92. The van der Waals surface area contributed by atoms with Crippen LogP contribution in [0.1, 0.15) is 47.0 Å². The topological polar surface area (TPSA) is 72.9 Å². The molecule has 3 rings (SSSR count). The fourth-order valence-electron chi connectivity index (χ4n) is 4.40. The summed E-state index contributed by atoms with van der Waals surface area (Å²) in [5, 5.41) is 7.90. The van der Waals surface area contributed by atoms with Crippen molar-refractivity contribution < 1.29 is 4.79 Å². The van der Waals surface area contributed by atoms with Crippen LogP contribution in [0.4, 0.5) is 5.82 Å². The summed E-state index contributed by atoms with van der Waals surface area (Å²) in [6.07, 6.45) is 3.31. The fourth-order valence-corrected chi connectivity index (χ4v) is 4.40. The lowest BCUT2D eigenvalue weighted by molar-refractivity contribution is -0.124. The van der Waals surface area contributed by atoms with Crippen molar-refractivity contribution in [3.05, 3.63) is 36.4 Å². The van der Waals surface area contributed by atoms with Gasteiger partial charge < -0.3 is 11.1 Å². The lowest BCUT2D eigenvalue weighted by atomic mass is 9.70. The smallest absolute Gasteiger partial charge is 0.228 e. The number of carbonyl (C=O) groups is 1. The lowest BCUT2D eigenvalue weighted by Crippen LogP contribution is -2.37. The van der Waals surface area contributed by atoms with Gasteiger partial charge in [0.2, 0.25) is 5.91 Å². The number of anilines is 1. The van der Waals surface area contributed by atoms with Crippen molar-refractivity contribution in [1.82, 2.24) is 9.78 Å². The molecule has 28 heavy (non-hydrogen) atoms. The second-order valence-electron chi connectivity index (χ2n) is 8.86. The molecular formula is C23H34N4O. The van der Waals surface area contributed by atoms with E-state index in [-0.39, 0.29) is 17.9 Å². The Hall–Kier alpha value is -2.14. The van der Waals surface area contributed by atoms with E-state index in [4.69, 9.17) is 10.8 Å². The number of hydrogen-bond donors (Lipinski definition) is 2. The number of amides is 1. The first kappa shape index (κ1) is 20.6. The molecule has 4 atom stereocenters. The van der Waals surface area contributed by atoms with Crippen LogP contribution in [0.25, 0.3) is 11.3 Å². The molecular weight excluding hydrogens is 348 g/mol. The first-order valence-corrected chi connectivity index (χ1v) is 10.5. The zero-order valence-corrected chi connectivity index (χ0v) is 17.6. The van der Waals surface area contributed by atoms with Gasteiger partial charge in [-0.3, -0.25) is 4.79 Å². The SMILES string of the molecule is CC(C)[C@@H]1CC[C@@H](C)C[C@H]1C(=O)Nc1cc(-c2ccccc2)nn1C[C@H](C)N. The van der Waals surface area contributed by atoms with E-state index >= 15 is 0 Å². The highest BCUT2D eigenvalue weighted by Gasteiger charge is 2.35. The Balaban J connectivity index is 1.85. The summed E-state index contributed by atoms with van der Waals surface area (Å²) in [7, 11) is 0. The average molecular weight is 383 g/mol. The van der Waals surface area contributed by atoms with Gasteiger partial charge in [-0.1, -0.05) is 57.5 Å². The van der Waals surface area contributed by atoms with Crippen LogP contribution in [0.2, 0.25) is 0 Å². The Labute approximate surface area is 168 Å². The molecule has 1 aromatic carbocycles. The molecule has 3 N–H and O–H groups in total. The first-order valence-electron chi connectivity index (χ1n) is 10.5. The van der Waals surface area contributed by atoms with Crippen LogP contribution >= 0.6 is 0 Å². The highest BCUT2D eigenvalue weighted by Crippen LogP contribution is 2.38. The Kier molecular flexibility index (Phi) is 6.55. The van der Waals surface area contributed by atoms with Crippen molar-refractivity contribution in [2.75, 3.05) is 5.32 Å². The van der Waals surface area contributed by atoms with Crippen LogP contribution < -0.4 is 11.1 Å². The van der Waals surface area contributed by atoms with Gasteiger partial charge in [0.1, 0.15) is 5.82 Å². The van der Waals surface area contributed by atoms with Gasteiger partial charge in [0.25, 0.3) is 0 Å². The Bertz CT molecular complexity index is 781. The van der Waals surface area contributed by atoms with Crippen LogP contribution in [-0.4, -0.2) is 21.7 Å². The minimum absolute atomic E-state index is 0.0442. The summed E-state index contributed by atoms with van der Waals surface area (Å²) in [6.45, 7) is 9.23. The molecule has 1 aliphatic rings. The van der Waals surface area contributed by atoms with Crippen molar-refractivity contribution in [1.29, 1.82) is 0 Å². The molecule has 1 fully saturated rings. The Morgan fingerprint density at radius 2 is 1.96 bits per heavy atom. The molecule has 1 saturated carbocycles. The van der Waals surface area contributed by atoms with E-state index in [1.54, 1.807) is 0 Å². The number of nitrogens with one attached hydrogen (secondary N) is 1. The van der Waals surface area contributed by atoms with E-state index in [1.165, 1.54) is 6.42 Å². The normalized spacial score (nSPS) is 23.6. The summed E-state index contributed by atoms with van der Waals surface area (Å²) in [5.74, 6) is 2.46. The summed E-state index contributed by atoms with van der Waals surface area (Å²) in [6, 6.07) is 12.0. The second-order valence-corrected chi connectivity index (χ2v) is 8.86. The number of nitrogens with zero attached hydrogens (tertiary/aromatic N) is 2. The van der Waals surface area contributed by atoms with Gasteiger partial charge in [-0.2, -0.15) is 5.10 Å². The van der Waals surface area contributed by atoms with Gasteiger partial charge in [-0.25, -0.2) is 4.68 Å². The summed E-state index contributed by atoms with van der Waals surface area (Å²) in [4.78, 5) is 13.2. The fraction of sp³-hybridized carbons (Fsp3) is 0.565. The molecule has 2 aromatic rings. The van der Waals surface area contributed by atoms with Crippen LogP contribution in [0.15, 0.2) is 36.4 Å². The lowest BCUT2D eigenvalue weighted by Gasteiger charge is -2.36. The zero-order chi connectivity index (χ0) is 20.3. The molecule has 0 spiro atoms. The van der Waals surface area contributed by atoms with E-state index in [2.05, 4.69) is 26.1 Å². The predicted octanol–water partition coefficient (Wildman–Crippen LogP) is 4.54. The third kappa shape index (κ3) is 4.82. The number of carbonyl (C=O) groups excluding carboxylic acids is 1. The number of nitrogens with two attached hydrogens (primary N) is 1. The molecule has 5 nitrogen and oxygen atoms in total. The largest absolute Gasteiger partial charge is 0.326 e. The molecule has 1 aliphatic carbocycles. The minimum Gasteiger partial charge on any atom is -0.326 e. The molecule has 0 radical (unpaired) electrons. The van der Waals surface area contributed by atoms with E-state index < -0.39 is 0 Å². The summed E-state index contributed by atoms with van der Waals surface area (Å²) < 4.78 is 1.83. The highest BCUT2D eigenvalue weighted by atomic mass is 16.2. The molecule has 0 unspecified atom stereocenters. The van der Waals surface area contributed by atoms with Crippen molar-refractivity contribution in [2.45, 2.75) is 59.5 Å². The molecule has 5 heteroatoms. The maximum absolute atomic E-state index is 13.2.